The van der Waals surface area contributed by atoms with E-state index in [1.54, 1.807) is 20.8 Å². The second-order valence-electron chi connectivity index (χ2n) is 5.63. The number of hydrogen-bond acceptors (Lipinski definition) is 7. The molecule has 9 nitrogen and oxygen atoms in total. The first-order chi connectivity index (χ1) is 10.0. The normalized spacial score (nSPS) is 15.2. The van der Waals surface area contributed by atoms with E-state index >= 15 is 0 Å². The van der Waals surface area contributed by atoms with Gasteiger partial charge in [0.15, 0.2) is 6.04 Å². The standard InChI is InChI=1S/C13H24N2O7/c1-7(17)9(15-12(20)22-13(2,3)4)10(18)14-8(6-16)11(19)21-5/h7-9,16-17H,6H2,1-5H3,(H,14,18)(H,15,20)/t7-,8?,9+/m1/s1. The van der Waals surface area contributed by atoms with E-state index < -0.39 is 48.4 Å². The molecule has 0 saturated heterocycles. The molecule has 2 amide bonds. The minimum absolute atomic E-state index is 0.683. The summed E-state index contributed by atoms with van der Waals surface area (Å²) < 4.78 is 9.39. The number of ether oxygens (including phenoxy) is 2. The monoisotopic (exact) mass is 320 g/mol. The van der Waals surface area contributed by atoms with Crippen LogP contribution in [0.1, 0.15) is 27.7 Å². The number of rotatable bonds is 6. The largest absolute Gasteiger partial charge is 0.467 e. The molecule has 0 fully saturated rings. The number of carbonyl (C=O) groups excluding carboxylic acids is 3. The first-order valence-corrected chi connectivity index (χ1v) is 6.68. The van der Waals surface area contributed by atoms with Crippen LogP contribution >= 0.6 is 0 Å². The Labute approximate surface area is 129 Å². The van der Waals surface area contributed by atoms with Crippen molar-refractivity contribution >= 4 is 18.0 Å². The fourth-order valence-electron chi connectivity index (χ4n) is 1.42. The van der Waals surface area contributed by atoms with Crippen molar-refractivity contribution in [1.29, 1.82) is 0 Å². The number of alkyl carbamates (subject to hydrolysis) is 1. The third-order valence-electron chi connectivity index (χ3n) is 2.42. The van der Waals surface area contributed by atoms with E-state index in [1.807, 2.05) is 0 Å². The fourth-order valence-corrected chi connectivity index (χ4v) is 1.42. The van der Waals surface area contributed by atoms with Gasteiger partial charge in [-0.15, -0.1) is 0 Å². The van der Waals surface area contributed by atoms with Crippen LogP contribution in [0.2, 0.25) is 0 Å². The average Bonchev–Trinajstić information content (AvgIpc) is 2.38. The molecule has 0 aromatic carbocycles. The molecule has 0 spiro atoms. The quantitative estimate of drug-likeness (QED) is 0.457. The van der Waals surface area contributed by atoms with E-state index in [4.69, 9.17) is 9.84 Å². The van der Waals surface area contributed by atoms with Crippen molar-refractivity contribution in [2.24, 2.45) is 0 Å². The maximum Gasteiger partial charge on any atom is 0.408 e. The van der Waals surface area contributed by atoms with Crippen molar-refractivity contribution in [2.75, 3.05) is 13.7 Å². The Balaban J connectivity index is 4.84. The lowest BCUT2D eigenvalue weighted by molar-refractivity contribution is -0.146. The van der Waals surface area contributed by atoms with Gasteiger partial charge in [-0.25, -0.2) is 9.59 Å². The summed E-state index contributed by atoms with van der Waals surface area (Å²) in [6.45, 7) is 5.53. The van der Waals surface area contributed by atoms with Gasteiger partial charge in [-0.1, -0.05) is 0 Å². The molecule has 4 N–H and O–H groups in total. The van der Waals surface area contributed by atoms with Gasteiger partial charge < -0.3 is 30.3 Å². The van der Waals surface area contributed by atoms with Crippen molar-refractivity contribution in [3.8, 4) is 0 Å². The number of nitrogens with one attached hydrogen (secondary N) is 2. The summed E-state index contributed by atoms with van der Waals surface area (Å²) in [5, 5.41) is 23.0. The van der Waals surface area contributed by atoms with Crippen LogP contribution < -0.4 is 10.6 Å². The fraction of sp³-hybridized carbons (Fsp3) is 0.769. The Hall–Kier alpha value is -1.87. The highest BCUT2D eigenvalue weighted by Crippen LogP contribution is 2.07. The number of methoxy groups -OCH3 is 1. The van der Waals surface area contributed by atoms with Gasteiger partial charge in [0.2, 0.25) is 5.91 Å². The van der Waals surface area contributed by atoms with E-state index in [0.29, 0.717) is 0 Å². The summed E-state index contributed by atoms with van der Waals surface area (Å²) in [6.07, 6.45) is -2.14. The summed E-state index contributed by atoms with van der Waals surface area (Å²) in [4.78, 5) is 35.0. The molecule has 128 valence electrons. The molecule has 0 heterocycles. The molecule has 0 radical (unpaired) electrons. The van der Waals surface area contributed by atoms with Crippen LogP contribution in [0.4, 0.5) is 4.79 Å². The highest BCUT2D eigenvalue weighted by Gasteiger charge is 2.31. The maximum absolute atomic E-state index is 12.0. The molecule has 22 heavy (non-hydrogen) atoms. The van der Waals surface area contributed by atoms with Crippen LogP contribution in [0.15, 0.2) is 0 Å². The zero-order valence-corrected chi connectivity index (χ0v) is 13.4. The molecule has 0 aliphatic heterocycles. The first-order valence-electron chi connectivity index (χ1n) is 6.68. The van der Waals surface area contributed by atoms with Gasteiger partial charge in [0.05, 0.1) is 19.8 Å². The molecular formula is C13H24N2O7. The summed E-state index contributed by atoms with van der Waals surface area (Å²) in [5.74, 6) is -1.71. The lowest BCUT2D eigenvalue weighted by Crippen LogP contribution is -2.57. The third kappa shape index (κ3) is 7.23. The number of esters is 1. The predicted octanol–water partition coefficient (Wildman–Crippen LogP) is -1.09. The zero-order chi connectivity index (χ0) is 17.5. The molecule has 0 bridgehead atoms. The molecule has 0 saturated carbocycles. The van der Waals surface area contributed by atoms with Crippen molar-refractivity contribution < 1.29 is 34.1 Å². The van der Waals surface area contributed by atoms with Gasteiger partial charge in [0.25, 0.3) is 0 Å². The average molecular weight is 320 g/mol. The lowest BCUT2D eigenvalue weighted by Gasteiger charge is -2.25. The minimum atomic E-state index is -1.35. The van der Waals surface area contributed by atoms with Crippen LogP contribution in [0.3, 0.4) is 0 Å². The molecule has 0 aliphatic carbocycles. The molecule has 9 heteroatoms. The Kier molecular flexibility index (Phi) is 7.82. The van der Waals surface area contributed by atoms with Crippen molar-refractivity contribution in [3.63, 3.8) is 0 Å². The van der Waals surface area contributed by atoms with Crippen LogP contribution in [-0.4, -0.2) is 65.7 Å². The molecule has 0 aliphatic rings. The number of hydrogen-bond donors (Lipinski definition) is 4. The highest BCUT2D eigenvalue weighted by atomic mass is 16.6. The predicted molar refractivity (Wildman–Crippen MR) is 75.9 cm³/mol. The molecule has 0 aromatic rings. The highest BCUT2D eigenvalue weighted by molar-refractivity contribution is 5.90. The van der Waals surface area contributed by atoms with Crippen molar-refractivity contribution in [3.05, 3.63) is 0 Å². The molecule has 0 rings (SSSR count). The van der Waals surface area contributed by atoms with Crippen molar-refractivity contribution in [1.82, 2.24) is 10.6 Å². The number of amides is 2. The van der Waals surface area contributed by atoms with E-state index in [0.717, 1.165) is 7.11 Å². The van der Waals surface area contributed by atoms with E-state index in [2.05, 4.69) is 15.4 Å². The Morgan fingerprint density at radius 2 is 1.73 bits per heavy atom. The van der Waals surface area contributed by atoms with E-state index in [1.165, 1.54) is 6.92 Å². The third-order valence-corrected chi connectivity index (χ3v) is 2.42. The van der Waals surface area contributed by atoms with Gasteiger partial charge in [-0.2, -0.15) is 0 Å². The zero-order valence-electron chi connectivity index (χ0n) is 13.4. The minimum Gasteiger partial charge on any atom is -0.467 e. The topological polar surface area (TPSA) is 134 Å². The first kappa shape index (κ1) is 20.1. The van der Waals surface area contributed by atoms with Gasteiger partial charge >= 0.3 is 12.1 Å². The second kappa shape index (κ2) is 8.54. The lowest BCUT2D eigenvalue weighted by atomic mass is 10.1. The van der Waals surface area contributed by atoms with E-state index in [-0.39, 0.29) is 0 Å². The van der Waals surface area contributed by atoms with Gasteiger partial charge in [0.1, 0.15) is 11.6 Å². The Morgan fingerprint density at radius 1 is 1.18 bits per heavy atom. The summed E-state index contributed by atoms with van der Waals surface area (Å²) in [6, 6.07) is -2.65. The number of aliphatic hydroxyl groups excluding tert-OH is 2. The summed E-state index contributed by atoms with van der Waals surface area (Å²) in [5.41, 5.74) is -0.774. The smallest absolute Gasteiger partial charge is 0.408 e. The van der Waals surface area contributed by atoms with Gasteiger partial charge in [0, 0.05) is 0 Å². The molecule has 0 aromatic heterocycles. The molecule has 3 atom stereocenters. The molecular weight excluding hydrogens is 296 g/mol. The van der Waals surface area contributed by atoms with Crippen LogP contribution in [0, 0.1) is 0 Å². The Morgan fingerprint density at radius 3 is 2.09 bits per heavy atom. The van der Waals surface area contributed by atoms with Crippen LogP contribution in [-0.2, 0) is 19.1 Å². The Bertz CT molecular complexity index is 404. The van der Waals surface area contributed by atoms with Gasteiger partial charge in [-0.05, 0) is 27.7 Å². The summed E-state index contributed by atoms with van der Waals surface area (Å²) >= 11 is 0. The second-order valence-corrected chi connectivity index (χ2v) is 5.63. The SMILES string of the molecule is COC(=O)C(CO)NC(=O)[C@@H](NC(=O)OC(C)(C)C)[C@@H](C)O. The van der Waals surface area contributed by atoms with Crippen molar-refractivity contribution in [2.45, 2.75) is 51.5 Å². The number of carbonyl (C=O) groups is 3. The van der Waals surface area contributed by atoms with Crippen LogP contribution in [0.25, 0.3) is 0 Å². The van der Waals surface area contributed by atoms with E-state index in [9.17, 15) is 19.5 Å². The maximum atomic E-state index is 12.0. The summed E-state index contributed by atoms with van der Waals surface area (Å²) in [7, 11) is 1.10. The molecule has 1 unspecified atom stereocenters. The van der Waals surface area contributed by atoms with Gasteiger partial charge in [-0.3, -0.25) is 4.79 Å². The number of aliphatic hydroxyl groups is 2. The van der Waals surface area contributed by atoms with Crippen LogP contribution in [0.5, 0.6) is 0 Å².